The fraction of sp³-hybridized carbons (Fsp3) is 0.0455. The number of nitro benzene ring substituents is 1. The smallest absolute Gasteiger partial charge is 0.270 e. The third kappa shape index (κ3) is 4.56. The second-order valence-electron chi connectivity index (χ2n) is 5.90. The minimum atomic E-state index is -0.487. The maximum absolute atomic E-state index is 11.0. The van der Waals surface area contributed by atoms with E-state index in [0.29, 0.717) is 27.5 Å². The Balaban J connectivity index is 1.91. The number of non-ortho nitro benzene ring substituents is 1. The first-order chi connectivity index (χ1) is 13.6. The molecule has 0 amide bonds. The van der Waals surface area contributed by atoms with Gasteiger partial charge >= 0.3 is 0 Å². The maximum atomic E-state index is 11.0. The molecule has 138 valence electrons. The molecule has 0 aliphatic rings. The number of benzene rings is 3. The fourth-order valence-electron chi connectivity index (χ4n) is 2.62. The van der Waals surface area contributed by atoms with Crippen LogP contribution in [-0.2, 0) is 6.61 Å². The van der Waals surface area contributed by atoms with Gasteiger partial charge in [0.15, 0.2) is 0 Å². The largest absolute Gasteiger partial charge is 0.488 e. The molecular formula is C22H15ClN2O3. The summed E-state index contributed by atoms with van der Waals surface area (Å²) in [5, 5.41) is 21.2. The van der Waals surface area contributed by atoms with Crippen molar-refractivity contribution < 1.29 is 9.66 Å². The van der Waals surface area contributed by atoms with E-state index in [1.165, 1.54) is 12.1 Å². The van der Waals surface area contributed by atoms with Gasteiger partial charge in [0.2, 0.25) is 0 Å². The van der Waals surface area contributed by atoms with Gasteiger partial charge in [-0.05, 0) is 23.8 Å². The van der Waals surface area contributed by atoms with Gasteiger partial charge in [-0.1, -0.05) is 60.1 Å². The SMILES string of the molecule is N#C/C(=C/c1ccccc1OCc1ccccc1Cl)c1cccc([N+](=O)[O-])c1. The maximum Gasteiger partial charge on any atom is 0.270 e. The lowest BCUT2D eigenvalue weighted by atomic mass is 10.0. The Morgan fingerprint density at radius 2 is 1.86 bits per heavy atom. The summed E-state index contributed by atoms with van der Waals surface area (Å²) in [4.78, 5) is 10.5. The Kier molecular flexibility index (Phi) is 6.05. The quantitative estimate of drug-likeness (QED) is 0.227. The summed E-state index contributed by atoms with van der Waals surface area (Å²) in [5.41, 5.74) is 2.25. The Bertz CT molecular complexity index is 1090. The lowest BCUT2D eigenvalue weighted by molar-refractivity contribution is -0.384. The summed E-state index contributed by atoms with van der Waals surface area (Å²) >= 11 is 6.17. The minimum Gasteiger partial charge on any atom is -0.488 e. The number of ether oxygens (including phenoxy) is 1. The van der Waals surface area contributed by atoms with Crippen molar-refractivity contribution >= 4 is 28.9 Å². The van der Waals surface area contributed by atoms with E-state index in [4.69, 9.17) is 16.3 Å². The number of hydrogen-bond donors (Lipinski definition) is 0. The van der Waals surface area contributed by atoms with Crippen LogP contribution in [0.2, 0.25) is 5.02 Å². The first-order valence-corrected chi connectivity index (χ1v) is 8.78. The monoisotopic (exact) mass is 390 g/mol. The van der Waals surface area contributed by atoms with Crippen LogP contribution >= 0.6 is 11.6 Å². The molecule has 0 aromatic heterocycles. The lowest BCUT2D eigenvalue weighted by Crippen LogP contribution is -1.97. The van der Waals surface area contributed by atoms with E-state index in [2.05, 4.69) is 6.07 Å². The second kappa shape index (κ2) is 8.85. The zero-order chi connectivity index (χ0) is 19.9. The third-order valence-electron chi connectivity index (χ3n) is 4.05. The van der Waals surface area contributed by atoms with Gasteiger partial charge in [0.25, 0.3) is 5.69 Å². The average Bonchev–Trinajstić information content (AvgIpc) is 2.72. The summed E-state index contributed by atoms with van der Waals surface area (Å²) in [6.45, 7) is 0.281. The number of hydrogen-bond acceptors (Lipinski definition) is 4. The molecule has 6 heteroatoms. The molecule has 3 rings (SSSR count). The summed E-state index contributed by atoms with van der Waals surface area (Å²) < 4.78 is 5.90. The molecule has 0 N–H and O–H groups in total. The van der Waals surface area contributed by atoms with Crippen molar-refractivity contribution in [3.8, 4) is 11.8 Å². The number of rotatable bonds is 6. The van der Waals surface area contributed by atoms with Crippen LogP contribution in [0, 0.1) is 21.4 Å². The first-order valence-electron chi connectivity index (χ1n) is 8.40. The summed E-state index contributed by atoms with van der Waals surface area (Å²) in [5.74, 6) is 0.584. The molecule has 0 fully saturated rings. The van der Waals surface area contributed by atoms with Crippen LogP contribution in [-0.4, -0.2) is 4.92 Å². The van der Waals surface area contributed by atoms with Gasteiger partial charge in [-0.15, -0.1) is 0 Å². The van der Waals surface area contributed by atoms with Gasteiger partial charge in [-0.3, -0.25) is 10.1 Å². The number of allylic oxidation sites excluding steroid dienone is 1. The van der Waals surface area contributed by atoms with E-state index in [1.807, 2.05) is 36.4 Å². The Morgan fingerprint density at radius 3 is 2.61 bits per heavy atom. The first kappa shape index (κ1) is 19.2. The van der Waals surface area contributed by atoms with Crippen LogP contribution in [0.1, 0.15) is 16.7 Å². The molecule has 0 aliphatic heterocycles. The number of nitriles is 1. The molecule has 0 atom stereocenters. The normalized spacial score (nSPS) is 10.9. The third-order valence-corrected chi connectivity index (χ3v) is 4.42. The highest BCUT2D eigenvalue weighted by atomic mass is 35.5. The topological polar surface area (TPSA) is 76.2 Å². The van der Waals surface area contributed by atoms with Crippen molar-refractivity contribution in [2.75, 3.05) is 0 Å². The Morgan fingerprint density at radius 1 is 1.11 bits per heavy atom. The number of nitrogens with zero attached hydrogens (tertiary/aromatic N) is 2. The van der Waals surface area contributed by atoms with Gasteiger partial charge in [-0.25, -0.2) is 0 Å². The van der Waals surface area contributed by atoms with Crippen molar-refractivity contribution in [1.82, 2.24) is 0 Å². The predicted octanol–water partition coefficient (Wildman–Crippen LogP) is 5.89. The van der Waals surface area contributed by atoms with Gasteiger partial charge in [0.05, 0.1) is 16.6 Å². The molecule has 0 bridgehead atoms. The standard InChI is InChI=1S/C22H15ClN2O3/c23-21-10-3-1-7-18(21)15-28-22-11-4-2-6-17(22)12-19(14-24)16-8-5-9-20(13-16)25(26)27/h1-13H,15H2/b19-12-. The molecule has 5 nitrogen and oxygen atoms in total. The van der Waals surface area contributed by atoms with E-state index in [0.717, 1.165) is 5.56 Å². The predicted molar refractivity (Wildman–Crippen MR) is 109 cm³/mol. The molecule has 28 heavy (non-hydrogen) atoms. The van der Waals surface area contributed by atoms with E-state index in [1.54, 1.807) is 30.3 Å². The van der Waals surface area contributed by atoms with Gasteiger partial charge in [-0.2, -0.15) is 5.26 Å². The van der Waals surface area contributed by atoms with E-state index in [9.17, 15) is 15.4 Å². The van der Waals surface area contributed by atoms with Crippen molar-refractivity contribution in [3.05, 3.63) is 105 Å². The van der Waals surface area contributed by atoms with Crippen molar-refractivity contribution in [2.45, 2.75) is 6.61 Å². The van der Waals surface area contributed by atoms with E-state index < -0.39 is 4.92 Å². The zero-order valence-corrected chi connectivity index (χ0v) is 15.5. The second-order valence-corrected chi connectivity index (χ2v) is 6.30. The van der Waals surface area contributed by atoms with Gasteiger partial charge in [0, 0.05) is 28.3 Å². The van der Waals surface area contributed by atoms with E-state index in [-0.39, 0.29) is 12.3 Å². The summed E-state index contributed by atoms with van der Waals surface area (Å²) in [6, 6.07) is 22.8. The lowest BCUT2D eigenvalue weighted by Gasteiger charge is -2.11. The summed E-state index contributed by atoms with van der Waals surface area (Å²) in [7, 11) is 0. The van der Waals surface area contributed by atoms with Crippen molar-refractivity contribution in [3.63, 3.8) is 0 Å². The highest BCUT2D eigenvalue weighted by molar-refractivity contribution is 6.31. The van der Waals surface area contributed by atoms with Gasteiger partial charge < -0.3 is 4.74 Å². The molecule has 0 radical (unpaired) electrons. The number of nitro groups is 1. The van der Waals surface area contributed by atoms with Crippen molar-refractivity contribution in [2.24, 2.45) is 0 Å². The van der Waals surface area contributed by atoms with Crippen LogP contribution in [0.3, 0.4) is 0 Å². The van der Waals surface area contributed by atoms with Crippen molar-refractivity contribution in [1.29, 1.82) is 5.26 Å². The summed E-state index contributed by atoms with van der Waals surface area (Å²) in [6.07, 6.45) is 1.65. The Labute approximate surface area is 167 Å². The van der Waals surface area contributed by atoms with Crippen LogP contribution < -0.4 is 4.74 Å². The van der Waals surface area contributed by atoms with Crippen LogP contribution in [0.5, 0.6) is 5.75 Å². The molecule has 0 unspecified atom stereocenters. The molecule has 0 saturated heterocycles. The van der Waals surface area contributed by atoms with Crippen LogP contribution in [0.4, 0.5) is 5.69 Å². The van der Waals surface area contributed by atoms with E-state index >= 15 is 0 Å². The fourth-order valence-corrected chi connectivity index (χ4v) is 2.82. The Hall–Kier alpha value is -3.62. The van der Waals surface area contributed by atoms with Crippen LogP contribution in [0.25, 0.3) is 11.6 Å². The molecule has 0 aliphatic carbocycles. The molecule has 3 aromatic carbocycles. The molecule has 0 saturated carbocycles. The van der Waals surface area contributed by atoms with Gasteiger partial charge in [0.1, 0.15) is 12.4 Å². The van der Waals surface area contributed by atoms with Crippen LogP contribution in [0.15, 0.2) is 72.8 Å². The zero-order valence-electron chi connectivity index (χ0n) is 14.7. The average molecular weight is 391 g/mol. The molecular weight excluding hydrogens is 376 g/mol. The highest BCUT2D eigenvalue weighted by Gasteiger charge is 2.10. The molecule has 0 heterocycles. The minimum absolute atomic E-state index is 0.0677. The number of halogens is 1. The highest BCUT2D eigenvalue weighted by Crippen LogP contribution is 2.27. The molecule has 0 spiro atoms. The molecule has 3 aromatic rings. The number of para-hydroxylation sites is 1.